The Hall–Kier alpha value is -2.82. The zero-order valence-electron chi connectivity index (χ0n) is 16.4. The van der Waals surface area contributed by atoms with Crippen LogP contribution in [0.3, 0.4) is 0 Å². The molecule has 166 valence electrons. The monoisotopic (exact) mass is 440 g/mol. The molecule has 2 unspecified atom stereocenters. The van der Waals surface area contributed by atoms with Crippen molar-refractivity contribution < 1.29 is 31.8 Å². The van der Waals surface area contributed by atoms with Crippen molar-refractivity contribution in [2.24, 2.45) is 5.92 Å². The molecule has 1 aromatic carbocycles. The minimum atomic E-state index is -4.59. The Bertz CT molecular complexity index is 989. The van der Waals surface area contributed by atoms with Gasteiger partial charge < -0.3 is 19.3 Å². The second-order valence-corrected chi connectivity index (χ2v) is 8.16. The molecular formula is C20H20F4N4O3. The van der Waals surface area contributed by atoms with Gasteiger partial charge in [-0.3, -0.25) is 5.10 Å². The van der Waals surface area contributed by atoms with Crippen molar-refractivity contribution in [1.82, 2.24) is 20.0 Å². The fraction of sp³-hybridized carbons (Fsp3) is 0.500. The zero-order valence-corrected chi connectivity index (χ0v) is 16.4. The van der Waals surface area contributed by atoms with Gasteiger partial charge in [0.05, 0.1) is 49.9 Å². The van der Waals surface area contributed by atoms with Gasteiger partial charge >= 0.3 is 12.2 Å². The summed E-state index contributed by atoms with van der Waals surface area (Å²) < 4.78 is 63.1. The molecular weight excluding hydrogens is 420 g/mol. The Morgan fingerprint density at radius 3 is 2.74 bits per heavy atom. The molecule has 0 spiro atoms. The van der Waals surface area contributed by atoms with Crippen LogP contribution in [0.5, 0.6) is 5.75 Å². The summed E-state index contributed by atoms with van der Waals surface area (Å²) in [6, 6.07) is 2.30. The predicted octanol–water partition coefficient (Wildman–Crippen LogP) is 3.00. The first-order chi connectivity index (χ1) is 14.8. The maximum absolute atomic E-state index is 13.9. The third-order valence-electron chi connectivity index (χ3n) is 6.14. The van der Waals surface area contributed by atoms with Crippen LogP contribution in [0.2, 0.25) is 0 Å². The van der Waals surface area contributed by atoms with Gasteiger partial charge in [0.15, 0.2) is 5.75 Å². The molecule has 3 aliphatic heterocycles. The Kier molecular flexibility index (Phi) is 4.80. The second kappa shape index (κ2) is 7.40. The van der Waals surface area contributed by atoms with Crippen LogP contribution < -0.4 is 4.74 Å². The van der Waals surface area contributed by atoms with Gasteiger partial charge in [-0.2, -0.15) is 18.3 Å². The number of nitrogens with zero attached hydrogens (tertiary/aromatic N) is 3. The second-order valence-electron chi connectivity index (χ2n) is 8.16. The fourth-order valence-corrected chi connectivity index (χ4v) is 4.33. The first-order valence-corrected chi connectivity index (χ1v) is 9.96. The maximum Gasteiger partial charge on any atom is 0.416 e. The number of hydrogen-bond acceptors (Lipinski definition) is 4. The molecule has 31 heavy (non-hydrogen) atoms. The van der Waals surface area contributed by atoms with Gasteiger partial charge in [-0.1, -0.05) is 6.07 Å². The molecule has 7 nitrogen and oxygen atoms in total. The van der Waals surface area contributed by atoms with Crippen molar-refractivity contribution >= 4 is 6.03 Å². The number of ether oxygens (including phenoxy) is 2. The third kappa shape index (κ3) is 3.71. The van der Waals surface area contributed by atoms with Crippen LogP contribution in [0.25, 0.3) is 0 Å². The number of aromatic nitrogens is 2. The van der Waals surface area contributed by atoms with Crippen molar-refractivity contribution in [2.45, 2.75) is 24.8 Å². The van der Waals surface area contributed by atoms with Gasteiger partial charge in [0.25, 0.3) is 0 Å². The number of carbonyl (C=O) groups is 1. The Labute approximate surface area is 174 Å². The van der Waals surface area contributed by atoms with Crippen molar-refractivity contribution in [3.05, 3.63) is 47.0 Å². The number of carbonyl (C=O) groups excluding carboxylic acids is 1. The van der Waals surface area contributed by atoms with E-state index in [-0.39, 0.29) is 36.1 Å². The number of halogens is 4. The van der Waals surface area contributed by atoms with Crippen molar-refractivity contribution in [3.8, 4) is 5.75 Å². The van der Waals surface area contributed by atoms with Gasteiger partial charge in [0.2, 0.25) is 0 Å². The van der Waals surface area contributed by atoms with Crippen LogP contribution >= 0.6 is 0 Å². The lowest BCUT2D eigenvalue weighted by molar-refractivity contribution is -0.137. The van der Waals surface area contributed by atoms with Crippen molar-refractivity contribution in [1.29, 1.82) is 0 Å². The normalized spacial score (nSPS) is 23.2. The molecule has 1 aromatic heterocycles. The highest BCUT2D eigenvalue weighted by atomic mass is 19.4. The lowest BCUT2D eigenvalue weighted by Crippen LogP contribution is -2.58. The number of aromatic amines is 1. The number of H-pyrrole nitrogens is 1. The van der Waals surface area contributed by atoms with Crippen LogP contribution in [0, 0.1) is 11.7 Å². The highest BCUT2D eigenvalue weighted by Crippen LogP contribution is 2.40. The number of likely N-dealkylation sites (tertiary alicyclic amines) is 2. The number of nitrogens with one attached hydrogen (secondary N) is 1. The standard InChI is InChI=1S/C20H20F4N4O3/c21-16-3-13(20(22,23)24)2-1-11(16)9-30-14-6-28(7-14)19(29)27-5-12-10-31-17-4-25-26-18(17)15(12)8-27/h1-4,12,14-15H,5-10H2,(H,25,26). The molecule has 2 aromatic rings. The Morgan fingerprint density at radius 2 is 2.00 bits per heavy atom. The SMILES string of the molecule is O=C(N1CC(OCc2ccc(C(F)(F)F)cc2F)C1)N1CC2COc3cn[nH]c3C2C1. The number of fused-ring (bicyclic) bond motifs is 3. The van der Waals surface area contributed by atoms with E-state index in [4.69, 9.17) is 9.47 Å². The number of urea groups is 1. The summed E-state index contributed by atoms with van der Waals surface area (Å²) in [6.07, 6.45) is -3.22. The van der Waals surface area contributed by atoms with E-state index in [1.807, 2.05) is 0 Å². The molecule has 5 rings (SSSR count). The fourth-order valence-electron chi connectivity index (χ4n) is 4.33. The molecule has 2 fully saturated rings. The smallest absolute Gasteiger partial charge is 0.416 e. The number of hydrogen-bond donors (Lipinski definition) is 1. The molecule has 0 bridgehead atoms. The maximum atomic E-state index is 13.9. The summed E-state index contributed by atoms with van der Waals surface area (Å²) in [5.41, 5.74) is -0.0558. The van der Waals surface area contributed by atoms with Crippen LogP contribution in [-0.4, -0.2) is 64.9 Å². The topological polar surface area (TPSA) is 70.7 Å². The van der Waals surface area contributed by atoms with E-state index in [9.17, 15) is 22.4 Å². The summed E-state index contributed by atoms with van der Waals surface area (Å²) in [5, 5.41) is 6.97. The van der Waals surface area contributed by atoms with E-state index in [1.54, 1.807) is 16.0 Å². The molecule has 2 amide bonds. The molecule has 2 saturated heterocycles. The van der Waals surface area contributed by atoms with Crippen molar-refractivity contribution in [2.75, 3.05) is 32.8 Å². The summed E-state index contributed by atoms with van der Waals surface area (Å²) >= 11 is 0. The van der Waals surface area contributed by atoms with Gasteiger partial charge in [0.1, 0.15) is 5.82 Å². The lowest BCUT2D eigenvalue weighted by atomic mass is 9.91. The van der Waals surface area contributed by atoms with E-state index in [0.717, 1.165) is 23.6 Å². The first kappa shape index (κ1) is 20.1. The average molecular weight is 440 g/mol. The minimum Gasteiger partial charge on any atom is -0.490 e. The average Bonchev–Trinajstić information content (AvgIpc) is 3.32. The Balaban J connectivity index is 1.11. The summed E-state index contributed by atoms with van der Waals surface area (Å²) in [5.74, 6) is 0.171. The molecule has 11 heteroatoms. The minimum absolute atomic E-state index is 0.0526. The molecule has 3 aliphatic rings. The van der Waals surface area contributed by atoms with E-state index in [2.05, 4.69) is 10.2 Å². The highest BCUT2D eigenvalue weighted by Gasteiger charge is 2.44. The van der Waals surface area contributed by atoms with Crippen molar-refractivity contribution in [3.63, 3.8) is 0 Å². The molecule has 1 N–H and O–H groups in total. The van der Waals surface area contributed by atoms with Crippen LogP contribution in [0.1, 0.15) is 22.7 Å². The molecule has 4 heterocycles. The zero-order chi connectivity index (χ0) is 21.8. The van der Waals surface area contributed by atoms with Crippen LogP contribution in [0.4, 0.5) is 22.4 Å². The number of alkyl halides is 3. The lowest BCUT2D eigenvalue weighted by Gasteiger charge is -2.40. The molecule has 0 radical (unpaired) electrons. The van der Waals surface area contributed by atoms with Crippen LogP contribution in [-0.2, 0) is 17.5 Å². The summed E-state index contributed by atoms with van der Waals surface area (Å²) in [7, 11) is 0. The summed E-state index contributed by atoms with van der Waals surface area (Å²) in [6.45, 7) is 2.30. The third-order valence-corrected chi connectivity index (χ3v) is 6.14. The molecule has 0 aliphatic carbocycles. The quantitative estimate of drug-likeness (QED) is 0.746. The van der Waals surface area contributed by atoms with E-state index < -0.39 is 17.6 Å². The van der Waals surface area contributed by atoms with Gasteiger partial charge in [-0.15, -0.1) is 0 Å². The molecule has 0 saturated carbocycles. The largest absolute Gasteiger partial charge is 0.490 e. The Morgan fingerprint density at radius 1 is 1.23 bits per heavy atom. The number of rotatable bonds is 3. The molecule has 2 atom stereocenters. The highest BCUT2D eigenvalue weighted by molar-refractivity contribution is 5.76. The van der Waals surface area contributed by atoms with Gasteiger partial charge in [-0.25, -0.2) is 9.18 Å². The van der Waals surface area contributed by atoms with E-state index in [0.29, 0.717) is 38.9 Å². The van der Waals surface area contributed by atoms with Gasteiger partial charge in [-0.05, 0) is 12.1 Å². The van der Waals surface area contributed by atoms with Crippen LogP contribution in [0.15, 0.2) is 24.4 Å². The van der Waals surface area contributed by atoms with E-state index in [1.165, 1.54) is 0 Å². The first-order valence-electron chi connectivity index (χ1n) is 9.96. The number of amides is 2. The summed E-state index contributed by atoms with van der Waals surface area (Å²) in [4.78, 5) is 16.2. The van der Waals surface area contributed by atoms with E-state index >= 15 is 0 Å². The van der Waals surface area contributed by atoms with Gasteiger partial charge in [0, 0.05) is 30.5 Å². The predicted molar refractivity (Wildman–Crippen MR) is 98.8 cm³/mol. The number of benzene rings is 1.